The van der Waals surface area contributed by atoms with Crippen molar-refractivity contribution in [2.45, 2.75) is 46.1 Å². The van der Waals surface area contributed by atoms with Crippen LogP contribution >= 0.6 is 11.6 Å². The van der Waals surface area contributed by atoms with E-state index < -0.39 is 0 Å². The number of hydrogen-bond donors (Lipinski definition) is 1. The van der Waals surface area contributed by atoms with Gasteiger partial charge in [-0.15, -0.1) is 0 Å². The molecule has 4 heteroatoms. The molecular weight excluding hydrogens is 210 g/mol. The van der Waals surface area contributed by atoms with Crippen LogP contribution in [0.25, 0.3) is 0 Å². The maximum Gasteiger partial charge on any atom is 0.224 e. The highest BCUT2D eigenvalue weighted by atomic mass is 35.5. The van der Waals surface area contributed by atoms with Crippen LogP contribution in [-0.2, 0) is 0 Å². The summed E-state index contributed by atoms with van der Waals surface area (Å²) in [6.07, 6.45) is 3.96. The third kappa shape index (κ3) is 3.67. The molecular formula is C11H18ClN3. The van der Waals surface area contributed by atoms with Crippen molar-refractivity contribution in [3.8, 4) is 0 Å². The van der Waals surface area contributed by atoms with Crippen molar-refractivity contribution in [3.05, 3.63) is 17.0 Å². The monoisotopic (exact) mass is 227 g/mol. The lowest BCUT2D eigenvalue weighted by atomic mass is 9.99. The van der Waals surface area contributed by atoms with E-state index in [9.17, 15) is 0 Å². The van der Waals surface area contributed by atoms with Crippen LogP contribution in [0.5, 0.6) is 0 Å². The molecule has 0 fully saturated rings. The molecule has 1 aromatic rings. The highest BCUT2D eigenvalue weighted by Crippen LogP contribution is 2.21. The summed E-state index contributed by atoms with van der Waals surface area (Å²) < 4.78 is 0. The lowest BCUT2D eigenvalue weighted by molar-refractivity contribution is 0.508. The molecule has 0 unspecified atom stereocenters. The second-order valence-electron chi connectivity index (χ2n) is 4.43. The molecule has 0 saturated carbocycles. The van der Waals surface area contributed by atoms with Gasteiger partial charge in [-0.05, 0) is 38.8 Å². The van der Waals surface area contributed by atoms with E-state index in [1.165, 1.54) is 0 Å². The molecule has 0 aliphatic carbocycles. The van der Waals surface area contributed by atoms with Crippen LogP contribution in [0, 0.1) is 6.92 Å². The molecule has 1 aromatic heterocycles. The topological polar surface area (TPSA) is 37.8 Å². The number of nitrogens with one attached hydrogen (secondary N) is 1. The first kappa shape index (κ1) is 12.2. The van der Waals surface area contributed by atoms with Crippen molar-refractivity contribution in [2.24, 2.45) is 0 Å². The summed E-state index contributed by atoms with van der Waals surface area (Å²) in [4.78, 5) is 8.11. The van der Waals surface area contributed by atoms with Crippen LogP contribution in [0.1, 0.15) is 39.2 Å². The minimum absolute atomic E-state index is 0.0389. The molecule has 3 nitrogen and oxygen atoms in total. The fourth-order valence-electron chi connectivity index (χ4n) is 1.56. The van der Waals surface area contributed by atoms with Gasteiger partial charge in [0, 0.05) is 17.3 Å². The molecule has 1 rings (SSSR count). The zero-order chi connectivity index (χ0) is 11.5. The third-order valence-electron chi connectivity index (χ3n) is 2.27. The number of halogens is 1. The zero-order valence-electron chi connectivity index (χ0n) is 9.76. The maximum absolute atomic E-state index is 5.76. The highest BCUT2D eigenvalue weighted by molar-refractivity contribution is 6.28. The van der Waals surface area contributed by atoms with Crippen molar-refractivity contribution >= 4 is 17.4 Å². The Bertz CT molecular complexity index is 337. The minimum Gasteiger partial charge on any atom is -0.365 e. The summed E-state index contributed by atoms with van der Waals surface area (Å²) in [7, 11) is 0. The number of aromatic nitrogens is 2. The maximum atomic E-state index is 5.76. The first-order chi connectivity index (χ1) is 6.94. The predicted octanol–water partition coefficient (Wildman–Crippen LogP) is 3.43. The van der Waals surface area contributed by atoms with Gasteiger partial charge in [-0.3, -0.25) is 0 Å². The Morgan fingerprint density at radius 1 is 1.47 bits per heavy atom. The summed E-state index contributed by atoms with van der Waals surface area (Å²) in [5.74, 6) is 0.827. The van der Waals surface area contributed by atoms with Gasteiger partial charge in [0.25, 0.3) is 0 Å². The predicted molar refractivity (Wildman–Crippen MR) is 64.4 cm³/mol. The van der Waals surface area contributed by atoms with Crippen LogP contribution in [0.15, 0.2) is 6.20 Å². The molecule has 0 radical (unpaired) electrons. The van der Waals surface area contributed by atoms with Crippen LogP contribution in [0.4, 0.5) is 5.82 Å². The van der Waals surface area contributed by atoms with Crippen molar-refractivity contribution in [3.63, 3.8) is 0 Å². The largest absolute Gasteiger partial charge is 0.365 e. The molecule has 0 bridgehead atoms. The van der Waals surface area contributed by atoms with Gasteiger partial charge in [0.15, 0.2) is 0 Å². The Kier molecular flexibility index (Phi) is 3.91. The Morgan fingerprint density at radius 3 is 2.73 bits per heavy atom. The van der Waals surface area contributed by atoms with E-state index in [1.807, 2.05) is 6.92 Å². The lowest BCUT2D eigenvalue weighted by Gasteiger charge is -2.27. The van der Waals surface area contributed by atoms with Gasteiger partial charge in [0.2, 0.25) is 5.28 Å². The number of nitrogens with zero attached hydrogens (tertiary/aromatic N) is 2. The molecule has 0 spiro atoms. The number of anilines is 1. The van der Waals surface area contributed by atoms with Crippen molar-refractivity contribution in [1.82, 2.24) is 9.97 Å². The quantitative estimate of drug-likeness (QED) is 0.801. The zero-order valence-corrected chi connectivity index (χ0v) is 10.5. The molecule has 1 N–H and O–H groups in total. The molecule has 0 saturated heterocycles. The number of aryl methyl sites for hydroxylation is 1. The second kappa shape index (κ2) is 4.79. The molecule has 0 amide bonds. The van der Waals surface area contributed by atoms with E-state index in [4.69, 9.17) is 11.6 Å². The fourth-order valence-corrected chi connectivity index (χ4v) is 1.69. The summed E-state index contributed by atoms with van der Waals surface area (Å²) >= 11 is 5.76. The van der Waals surface area contributed by atoms with Crippen molar-refractivity contribution in [2.75, 3.05) is 5.32 Å². The number of hydrogen-bond acceptors (Lipinski definition) is 3. The smallest absolute Gasteiger partial charge is 0.224 e. The fraction of sp³-hybridized carbons (Fsp3) is 0.636. The van der Waals surface area contributed by atoms with Crippen LogP contribution < -0.4 is 5.32 Å². The Balaban J connectivity index is 2.83. The SMILES string of the molecule is CCCC(C)(C)Nc1nc(Cl)ncc1C. The van der Waals surface area contributed by atoms with Crippen molar-refractivity contribution in [1.29, 1.82) is 0 Å². The molecule has 0 aliphatic heterocycles. The average molecular weight is 228 g/mol. The van der Waals surface area contributed by atoms with Crippen LogP contribution in [-0.4, -0.2) is 15.5 Å². The summed E-state index contributed by atoms with van der Waals surface area (Å²) in [6, 6.07) is 0. The third-order valence-corrected chi connectivity index (χ3v) is 2.46. The van der Waals surface area contributed by atoms with E-state index in [0.29, 0.717) is 0 Å². The van der Waals surface area contributed by atoms with Gasteiger partial charge in [-0.2, -0.15) is 0 Å². The summed E-state index contributed by atoms with van der Waals surface area (Å²) in [5, 5.41) is 3.68. The first-order valence-electron chi connectivity index (χ1n) is 5.22. The van der Waals surface area contributed by atoms with E-state index in [2.05, 4.69) is 36.1 Å². The van der Waals surface area contributed by atoms with Gasteiger partial charge >= 0.3 is 0 Å². The summed E-state index contributed by atoms with van der Waals surface area (Å²) in [5.41, 5.74) is 1.06. The first-order valence-corrected chi connectivity index (χ1v) is 5.60. The Labute approximate surface area is 96.3 Å². The lowest BCUT2D eigenvalue weighted by Crippen LogP contribution is -2.31. The highest BCUT2D eigenvalue weighted by Gasteiger charge is 2.17. The molecule has 0 aromatic carbocycles. The normalized spacial score (nSPS) is 11.5. The van der Waals surface area contributed by atoms with Gasteiger partial charge in [-0.1, -0.05) is 13.3 Å². The van der Waals surface area contributed by atoms with Crippen molar-refractivity contribution < 1.29 is 0 Å². The molecule has 15 heavy (non-hydrogen) atoms. The Morgan fingerprint density at radius 2 is 2.13 bits per heavy atom. The Hall–Kier alpha value is -0.830. The van der Waals surface area contributed by atoms with Gasteiger partial charge in [-0.25, -0.2) is 9.97 Å². The molecule has 84 valence electrons. The van der Waals surface area contributed by atoms with Crippen LogP contribution in [0.2, 0.25) is 5.28 Å². The number of rotatable bonds is 4. The molecule has 0 aliphatic rings. The van der Waals surface area contributed by atoms with E-state index in [0.717, 1.165) is 24.2 Å². The minimum atomic E-state index is 0.0389. The summed E-state index contributed by atoms with van der Waals surface area (Å²) in [6.45, 7) is 8.46. The average Bonchev–Trinajstić information content (AvgIpc) is 2.10. The molecule has 1 heterocycles. The van der Waals surface area contributed by atoms with Gasteiger partial charge in [0.05, 0.1) is 0 Å². The standard InChI is InChI=1S/C11H18ClN3/c1-5-6-11(3,4)15-9-8(2)7-13-10(12)14-9/h7H,5-6H2,1-4H3,(H,13,14,15). The van der Waals surface area contributed by atoms with Gasteiger partial charge in [0.1, 0.15) is 5.82 Å². The van der Waals surface area contributed by atoms with E-state index in [-0.39, 0.29) is 10.8 Å². The van der Waals surface area contributed by atoms with Crippen LogP contribution in [0.3, 0.4) is 0 Å². The van der Waals surface area contributed by atoms with E-state index in [1.54, 1.807) is 6.20 Å². The van der Waals surface area contributed by atoms with Gasteiger partial charge < -0.3 is 5.32 Å². The second-order valence-corrected chi connectivity index (χ2v) is 4.77. The van der Waals surface area contributed by atoms with E-state index >= 15 is 0 Å². The molecule has 0 atom stereocenters.